The molecule has 1 saturated heterocycles. The number of carbonyl (C=O) groups is 1. The van der Waals surface area contributed by atoms with Crippen LogP contribution in [-0.4, -0.2) is 51.9 Å². The van der Waals surface area contributed by atoms with E-state index in [0.717, 1.165) is 16.8 Å². The molecule has 2 aromatic carbocycles. The van der Waals surface area contributed by atoms with E-state index in [2.05, 4.69) is 0 Å². The fourth-order valence-electron chi connectivity index (χ4n) is 3.74. The molecule has 1 amide bonds. The normalized spacial score (nSPS) is 16.8. The topological polar surface area (TPSA) is 64.4 Å². The van der Waals surface area contributed by atoms with Crippen LogP contribution >= 0.6 is 11.8 Å². The predicted molar refractivity (Wildman–Crippen MR) is 120 cm³/mol. The van der Waals surface area contributed by atoms with Gasteiger partial charge in [-0.2, -0.15) is 0 Å². The first-order valence-electron chi connectivity index (χ1n) is 10.1. The van der Waals surface area contributed by atoms with E-state index in [-0.39, 0.29) is 23.3 Å². The van der Waals surface area contributed by atoms with Crippen LogP contribution < -0.4 is 5.56 Å². The van der Waals surface area contributed by atoms with Crippen molar-refractivity contribution in [3.8, 4) is 5.69 Å². The minimum Gasteiger partial charge on any atom is -0.375 e. The molecule has 4 rings (SSSR count). The molecule has 7 heteroatoms. The predicted octanol–water partition coefficient (Wildman–Crippen LogP) is 3.34. The number of morpholine rings is 1. The van der Waals surface area contributed by atoms with Crippen molar-refractivity contribution < 1.29 is 9.53 Å². The highest BCUT2D eigenvalue weighted by molar-refractivity contribution is 7.99. The van der Waals surface area contributed by atoms with Gasteiger partial charge in [0.15, 0.2) is 5.16 Å². The number of fused-ring (bicyclic) bond motifs is 1. The molecule has 0 spiro atoms. The van der Waals surface area contributed by atoms with Gasteiger partial charge in [0.05, 0.1) is 35.1 Å². The fraction of sp³-hybridized carbons (Fsp3) is 0.348. The number of benzene rings is 2. The van der Waals surface area contributed by atoms with Crippen LogP contribution in [0.15, 0.2) is 52.4 Å². The summed E-state index contributed by atoms with van der Waals surface area (Å²) < 4.78 is 7.16. The number of amides is 1. The molecule has 1 unspecified atom stereocenters. The van der Waals surface area contributed by atoms with Crippen LogP contribution in [0.3, 0.4) is 0 Å². The van der Waals surface area contributed by atoms with Gasteiger partial charge in [0.2, 0.25) is 5.91 Å². The third-order valence-corrected chi connectivity index (χ3v) is 6.18. The van der Waals surface area contributed by atoms with E-state index < -0.39 is 0 Å². The highest BCUT2D eigenvalue weighted by Gasteiger charge is 2.23. The van der Waals surface area contributed by atoms with Crippen LogP contribution in [0.2, 0.25) is 0 Å². The largest absolute Gasteiger partial charge is 0.375 e. The van der Waals surface area contributed by atoms with Crippen LogP contribution in [-0.2, 0) is 9.53 Å². The number of para-hydroxylation sites is 1. The van der Waals surface area contributed by atoms with E-state index in [1.165, 1.54) is 11.8 Å². The number of nitrogens with zero attached hydrogens (tertiary/aromatic N) is 3. The minimum absolute atomic E-state index is 0.0322. The van der Waals surface area contributed by atoms with Crippen LogP contribution in [0.5, 0.6) is 0 Å². The molecule has 1 fully saturated rings. The second-order valence-corrected chi connectivity index (χ2v) is 8.59. The highest BCUT2D eigenvalue weighted by atomic mass is 32.2. The van der Waals surface area contributed by atoms with E-state index in [9.17, 15) is 9.59 Å². The third kappa shape index (κ3) is 4.13. The Labute approximate surface area is 179 Å². The molecular weight excluding hydrogens is 398 g/mol. The molecule has 0 saturated carbocycles. The van der Waals surface area contributed by atoms with Crippen molar-refractivity contribution in [3.63, 3.8) is 0 Å². The first kappa shape index (κ1) is 20.6. The van der Waals surface area contributed by atoms with Crippen molar-refractivity contribution in [1.29, 1.82) is 0 Å². The lowest BCUT2D eigenvalue weighted by Crippen LogP contribution is -2.45. The average molecular weight is 424 g/mol. The summed E-state index contributed by atoms with van der Waals surface area (Å²) in [7, 11) is 0. The van der Waals surface area contributed by atoms with Crippen molar-refractivity contribution in [2.75, 3.05) is 25.4 Å². The first-order valence-corrected chi connectivity index (χ1v) is 11.0. The Bertz CT molecular complexity index is 1160. The van der Waals surface area contributed by atoms with Crippen LogP contribution in [0.1, 0.15) is 18.1 Å². The van der Waals surface area contributed by atoms with E-state index in [0.29, 0.717) is 35.8 Å². The average Bonchev–Trinajstić information content (AvgIpc) is 2.73. The molecule has 1 aliphatic heterocycles. The number of hydrogen-bond donors (Lipinski definition) is 0. The summed E-state index contributed by atoms with van der Waals surface area (Å²) in [6, 6.07) is 13.3. The molecule has 1 aromatic heterocycles. The summed E-state index contributed by atoms with van der Waals surface area (Å²) in [6.07, 6.45) is 0.0416. The van der Waals surface area contributed by atoms with Crippen LogP contribution in [0.4, 0.5) is 0 Å². The Hall–Kier alpha value is -2.64. The number of aryl methyl sites for hydroxylation is 2. The summed E-state index contributed by atoms with van der Waals surface area (Å²) in [5.74, 6) is 0.257. The van der Waals surface area contributed by atoms with Crippen LogP contribution in [0, 0.1) is 13.8 Å². The Morgan fingerprint density at radius 2 is 2.03 bits per heavy atom. The van der Waals surface area contributed by atoms with E-state index in [1.54, 1.807) is 10.6 Å². The van der Waals surface area contributed by atoms with Gasteiger partial charge in [0.1, 0.15) is 0 Å². The van der Waals surface area contributed by atoms with Gasteiger partial charge in [0, 0.05) is 13.1 Å². The molecular formula is C23H25N3O3S. The SMILES string of the molecule is Cc1ccc(-n2c(SCC(=O)N3CCOC(C)C3)nc3ccccc3c2=O)c(C)c1. The number of carbonyl (C=O) groups excluding carboxylic acids is 1. The molecule has 1 atom stereocenters. The fourth-order valence-corrected chi connectivity index (χ4v) is 4.65. The van der Waals surface area contributed by atoms with Crippen LogP contribution in [0.25, 0.3) is 16.6 Å². The lowest BCUT2D eigenvalue weighted by Gasteiger charge is -2.31. The monoisotopic (exact) mass is 423 g/mol. The Morgan fingerprint density at radius 1 is 1.23 bits per heavy atom. The lowest BCUT2D eigenvalue weighted by atomic mass is 10.1. The third-order valence-electron chi connectivity index (χ3n) is 5.26. The summed E-state index contributed by atoms with van der Waals surface area (Å²) in [5.41, 5.74) is 3.42. The van der Waals surface area contributed by atoms with Gasteiger partial charge in [0.25, 0.3) is 5.56 Å². The number of thioether (sulfide) groups is 1. The molecule has 0 radical (unpaired) electrons. The van der Waals surface area contributed by atoms with E-state index in [1.807, 2.05) is 62.1 Å². The van der Waals surface area contributed by atoms with Gasteiger partial charge in [-0.15, -0.1) is 0 Å². The standard InChI is InChI=1S/C23H25N3O3S/c1-15-8-9-20(16(2)12-15)26-22(28)18-6-4-5-7-19(18)24-23(26)30-14-21(27)25-10-11-29-17(3)13-25/h4-9,12,17H,10-11,13-14H2,1-3H3. The lowest BCUT2D eigenvalue weighted by molar-refractivity contribution is -0.135. The zero-order chi connectivity index (χ0) is 21.3. The molecule has 0 aliphatic carbocycles. The van der Waals surface area contributed by atoms with Crippen molar-refractivity contribution >= 4 is 28.6 Å². The van der Waals surface area contributed by atoms with Crippen molar-refractivity contribution in [2.45, 2.75) is 32.0 Å². The maximum atomic E-state index is 13.4. The Balaban J connectivity index is 1.72. The quantitative estimate of drug-likeness (QED) is 0.476. The van der Waals surface area contributed by atoms with Crippen molar-refractivity contribution in [2.24, 2.45) is 0 Å². The molecule has 1 aliphatic rings. The van der Waals surface area contributed by atoms with Crippen molar-refractivity contribution in [1.82, 2.24) is 14.5 Å². The zero-order valence-electron chi connectivity index (χ0n) is 17.4. The second-order valence-electron chi connectivity index (χ2n) is 7.65. The molecule has 156 valence electrons. The molecule has 0 bridgehead atoms. The first-order chi connectivity index (χ1) is 14.4. The number of rotatable bonds is 4. The zero-order valence-corrected chi connectivity index (χ0v) is 18.2. The summed E-state index contributed by atoms with van der Waals surface area (Å²) in [5, 5.41) is 1.09. The smallest absolute Gasteiger partial charge is 0.266 e. The highest BCUT2D eigenvalue weighted by Crippen LogP contribution is 2.24. The van der Waals surface area contributed by atoms with Gasteiger partial charge < -0.3 is 9.64 Å². The Kier molecular flexibility index (Phi) is 5.92. The molecule has 0 N–H and O–H groups in total. The van der Waals surface area contributed by atoms with Crippen molar-refractivity contribution in [3.05, 3.63) is 63.9 Å². The molecule has 30 heavy (non-hydrogen) atoms. The van der Waals surface area contributed by atoms with Gasteiger partial charge in [-0.3, -0.25) is 14.2 Å². The van der Waals surface area contributed by atoms with Gasteiger partial charge in [-0.1, -0.05) is 41.6 Å². The summed E-state index contributed by atoms with van der Waals surface area (Å²) in [6.45, 7) is 7.72. The maximum absolute atomic E-state index is 13.4. The number of aromatic nitrogens is 2. The Morgan fingerprint density at radius 3 is 2.80 bits per heavy atom. The number of ether oxygens (including phenoxy) is 1. The molecule has 6 nitrogen and oxygen atoms in total. The maximum Gasteiger partial charge on any atom is 0.266 e. The van der Waals surface area contributed by atoms with Gasteiger partial charge in [-0.05, 0) is 44.5 Å². The van der Waals surface area contributed by atoms with Gasteiger partial charge in [-0.25, -0.2) is 4.98 Å². The number of hydrogen-bond acceptors (Lipinski definition) is 5. The molecule has 2 heterocycles. The van der Waals surface area contributed by atoms with Gasteiger partial charge >= 0.3 is 0 Å². The summed E-state index contributed by atoms with van der Waals surface area (Å²) >= 11 is 1.31. The second kappa shape index (κ2) is 8.62. The van der Waals surface area contributed by atoms with E-state index in [4.69, 9.17) is 9.72 Å². The molecule has 3 aromatic rings. The van der Waals surface area contributed by atoms with E-state index >= 15 is 0 Å². The summed E-state index contributed by atoms with van der Waals surface area (Å²) in [4.78, 5) is 32.7. The minimum atomic E-state index is -0.123.